The van der Waals surface area contributed by atoms with Crippen LogP contribution in [0.3, 0.4) is 0 Å². The summed E-state index contributed by atoms with van der Waals surface area (Å²) in [6.07, 6.45) is -0.0456. The minimum Gasteiger partial charge on any atom is -0.382 e. The van der Waals surface area contributed by atoms with E-state index < -0.39 is 0 Å². The summed E-state index contributed by atoms with van der Waals surface area (Å²) in [5, 5.41) is 3.39. The molecule has 0 saturated heterocycles. The fraction of sp³-hybridized carbons (Fsp3) is 0.625. The molecule has 0 heterocycles. The maximum absolute atomic E-state index is 13.7. The van der Waals surface area contributed by atoms with Gasteiger partial charge in [0.25, 0.3) is 0 Å². The van der Waals surface area contributed by atoms with Gasteiger partial charge in [-0.05, 0) is 45.4 Å². The van der Waals surface area contributed by atoms with E-state index >= 15 is 0 Å². The highest BCUT2D eigenvalue weighted by molar-refractivity contribution is 5.24. The predicted octanol–water partition coefficient (Wildman–Crippen LogP) is 3.27. The molecule has 1 aromatic carbocycles. The average Bonchev–Trinajstić information content (AvgIpc) is 2.35. The highest BCUT2D eigenvalue weighted by atomic mass is 19.1. The molecule has 20 heavy (non-hydrogen) atoms. The van der Waals surface area contributed by atoms with Crippen molar-refractivity contribution in [2.75, 3.05) is 13.7 Å². The molecule has 0 aliphatic carbocycles. The molecule has 0 fully saturated rings. The Bertz CT molecular complexity index is 415. The summed E-state index contributed by atoms with van der Waals surface area (Å²) >= 11 is 0. The van der Waals surface area contributed by atoms with Gasteiger partial charge in [0.1, 0.15) is 5.82 Å². The molecule has 1 unspecified atom stereocenters. The standard InChI is InChI=1S/C16H26FNO2/c1-12(10-19-5)20-11-14-8-13(6-7-15(14)17)9-18-16(2,3)4/h6-8,12,18H,9-11H2,1-5H3. The normalized spacial score (nSPS) is 13.5. The maximum atomic E-state index is 13.7. The zero-order valence-corrected chi connectivity index (χ0v) is 13.1. The van der Waals surface area contributed by atoms with Crippen LogP contribution in [0.2, 0.25) is 0 Å². The van der Waals surface area contributed by atoms with Crippen molar-refractivity contribution in [3.05, 3.63) is 35.1 Å². The smallest absolute Gasteiger partial charge is 0.128 e. The molecule has 0 spiro atoms. The molecule has 1 atom stereocenters. The van der Waals surface area contributed by atoms with Crippen molar-refractivity contribution in [2.24, 2.45) is 0 Å². The second-order valence-electron chi connectivity index (χ2n) is 6.11. The maximum Gasteiger partial charge on any atom is 0.128 e. The van der Waals surface area contributed by atoms with E-state index in [-0.39, 0.29) is 24.1 Å². The lowest BCUT2D eigenvalue weighted by molar-refractivity contribution is -0.00112. The Balaban J connectivity index is 2.62. The van der Waals surface area contributed by atoms with Gasteiger partial charge in [-0.1, -0.05) is 6.07 Å². The molecule has 114 valence electrons. The van der Waals surface area contributed by atoms with Crippen LogP contribution in [0.15, 0.2) is 18.2 Å². The molecule has 0 aliphatic rings. The van der Waals surface area contributed by atoms with E-state index in [0.717, 1.165) is 5.56 Å². The third kappa shape index (κ3) is 6.46. The van der Waals surface area contributed by atoms with E-state index in [1.54, 1.807) is 13.2 Å². The number of ether oxygens (including phenoxy) is 2. The first-order valence-corrected chi connectivity index (χ1v) is 6.94. The largest absolute Gasteiger partial charge is 0.382 e. The van der Waals surface area contributed by atoms with Crippen LogP contribution >= 0.6 is 0 Å². The lowest BCUT2D eigenvalue weighted by Gasteiger charge is -2.21. The van der Waals surface area contributed by atoms with E-state index in [4.69, 9.17) is 9.47 Å². The summed E-state index contributed by atoms with van der Waals surface area (Å²) in [4.78, 5) is 0. The summed E-state index contributed by atoms with van der Waals surface area (Å²) in [6, 6.07) is 5.16. The van der Waals surface area contributed by atoms with Crippen LogP contribution < -0.4 is 5.32 Å². The van der Waals surface area contributed by atoms with Crippen molar-refractivity contribution in [2.45, 2.75) is 52.5 Å². The Hall–Kier alpha value is -0.970. The van der Waals surface area contributed by atoms with Crippen molar-refractivity contribution in [3.8, 4) is 0 Å². The topological polar surface area (TPSA) is 30.5 Å². The molecular formula is C16H26FNO2. The van der Waals surface area contributed by atoms with E-state index in [0.29, 0.717) is 18.7 Å². The molecule has 0 bridgehead atoms. The molecule has 1 N–H and O–H groups in total. The zero-order valence-electron chi connectivity index (χ0n) is 13.1. The average molecular weight is 283 g/mol. The highest BCUT2D eigenvalue weighted by Gasteiger charge is 2.10. The Kier molecular flexibility index (Phi) is 6.59. The van der Waals surface area contributed by atoms with Gasteiger partial charge >= 0.3 is 0 Å². The molecule has 0 radical (unpaired) electrons. The fourth-order valence-electron chi connectivity index (χ4n) is 1.73. The van der Waals surface area contributed by atoms with Gasteiger partial charge in [0.2, 0.25) is 0 Å². The van der Waals surface area contributed by atoms with Gasteiger partial charge in [-0.25, -0.2) is 4.39 Å². The van der Waals surface area contributed by atoms with Gasteiger partial charge in [0.05, 0.1) is 19.3 Å². The van der Waals surface area contributed by atoms with Crippen molar-refractivity contribution in [1.29, 1.82) is 0 Å². The summed E-state index contributed by atoms with van der Waals surface area (Å²) < 4.78 is 24.3. The quantitative estimate of drug-likeness (QED) is 0.833. The summed E-state index contributed by atoms with van der Waals surface area (Å²) in [5.74, 6) is -0.228. The van der Waals surface area contributed by atoms with Gasteiger partial charge in [-0.2, -0.15) is 0 Å². The van der Waals surface area contributed by atoms with E-state index in [9.17, 15) is 4.39 Å². The monoisotopic (exact) mass is 283 g/mol. The summed E-state index contributed by atoms with van der Waals surface area (Å²) in [6.45, 7) is 9.70. The zero-order chi connectivity index (χ0) is 15.2. The SMILES string of the molecule is COCC(C)OCc1cc(CNC(C)(C)C)ccc1F. The number of benzene rings is 1. The molecule has 3 nitrogen and oxygen atoms in total. The summed E-state index contributed by atoms with van der Waals surface area (Å²) in [7, 11) is 1.62. The van der Waals surface area contributed by atoms with E-state index in [1.165, 1.54) is 6.07 Å². The van der Waals surface area contributed by atoms with Gasteiger partial charge < -0.3 is 14.8 Å². The van der Waals surface area contributed by atoms with Gasteiger partial charge in [0, 0.05) is 24.8 Å². The number of rotatable bonds is 7. The van der Waals surface area contributed by atoms with Crippen LogP contribution in [-0.2, 0) is 22.6 Å². The lowest BCUT2D eigenvalue weighted by Crippen LogP contribution is -2.35. The fourth-order valence-corrected chi connectivity index (χ4v) is 1.73. The first-order valence-electron chi connectivity index (χ1n) is 6.94. The Morgan fingerprint density at radius 3 is 2.60 bits per heavy atom. The Morgan fingerprint density at radius 2 is 2.00 bits per heavy atom. The van der Waals surface area contributed by atoms with Crippen LogP contribution in [0.1, 0.15) is 38.8 Å². The van der Waals surface area contributed by atoms with Crippen LogP contribution in [0, 0.1) is 5.82 Å². The first kappa shape index (κ1) is 17.1. The summed E-state index contributed by atoms with van der Waals surface area (Å²) in [5.41, 5.74) is 1.68. The minimum absolute atomic E-state index is 0.0397. The second-order valence-corrected chi connectivity index (χ2v) is 6.11. The first-order chi connectivity index (χ1) is 9.31. The van der Waals surface area contributed by atoms with E-state index in [2.05, 4.69) is 26.1 Å². The van der Waals surface area contributed by atoms with Gasteiger partial charge in [-0.3, -0.25) is 0 Å². The van der Waals surface area contributed by atoms with Crippen LogP contribution in [0.4, 0.5) is 4.39 Å². The van der Waals surface area contributed by atoms with Crippen LogP contribution in [-0.4, -0.2) is 25.4 Å². The molecule has 4 heteroatoms. The van der Waals surface area contributed by atoms with Crippen molar-refractivity contribution >= 4 is 0 Å². The molecular weight excluding hydrogens is 257 g/mol. The Labute approximate surface area is 121 Å². The number of halogens is 1. The number of methoxy groups -OCH3 is 1. The van der Waals surface area contributed by atoms with Crippen molar-refractivity contribution < 1.29 is 13.9 Å². The van der Waals surface area contributed by atoms with Crippen LogP contribution in [0.25, 0.3) is 0 Å². The predicted molar refractivity (Wildman–Crippen MR) is 79.1 cm³/mol. The van der Waals surface area contributed by atoms with Gasteiger partial charge in [-0.15, -0.1) is 0 Å². The molecule has 0 aliphatic heterocycles. The molecule has 0 saturated carbocycles. The van der Waals surface area contributed by atoms with Crippen molar-refractivity contribution in [1.82, 2.24) is 5.32 Å². The molecule has 1 aromatic rings. The highest BCUT2D eigenvalue weighted by Crippen LogP contribution is 2.14. The van der Waals surface area contributed by atoms with Gasteiger partial charge in [0.15, 0.2) is 0 Å². The third-order valence-electron chi connectivity index (χ3n) is 2.86. The Morgan fingerprint density at radius 1 is 1.30 bits per heavy atom. The van der Waals surface area contributed by atoms with Crippen molar-refractivity contribution in [3.63, 3.8) is 0 Å². The molecule has 0 aromatic heterocycles. The lowest BCUT2D eigenvalue weighted by atomic mass is 10.1. The minimum atomic E-state index is -0.228. The number of hydrogen-bond donors (Lipinski definition) is 1. The van der Waals surface area contributed by atoms with E-state index in [1.807, 2.05) is 13.0 Å². The van der Waals surface area contributed by atoms with Crippen LogP contribution in [0.5, 0.6) is 0 Å². The number of nitrogens with one attached hydrogen (secondary N) is 1. The number of hydrogen-bond acceptors (Lipinski definition) is 3. The second kappa shape index (κ2) is 7.72. The third-order valence-corrected chi connectivity index (χ3v) is 2.86. The molecule has 1 rings (SSSR count). The molecule has 0 amide bonds.